The molecule has 0 saturated carbocycles. The van der Waals surface area contributed by atoms with Crippen LogP contribution in [0.5, 0.6) is 0 Å². The molecule has 2 heterocycles. The van der Waals surface area contributed by atoms with Crippen LogP contribution in [-0.2, 0) is 14.2 Å². The van der Waals surface area contributed by atoms with Gasteiger partial charge in [0.05, 0.1) is 32.0 Å². The van der Waals surface area contributed by atoms with Crippen molar-refractivity contribution in [3.63, 3.8) is 0 Å². The Morgan fingerprint density at radius 3 is 2.68 bits per heavy atom. The molecular weight excluding hydrogens is 491 g/mol. The fourth-order valence-electron chi connectivity index (χ4n) is 5.88. The largest absolute Gasteiger partial charge is 0.453 e. The highest BCUT2D eigenvalue weighted by Crippen LogP contribution is 2.33. The lowest BCUT2D eigenvalue weighted by molar-refractivity contribution is -0.0547. The highest BCUT2D eigenvalue weighted by atomic mass is 19.1. The number of methoxy groups -OCH3 is 1. The molecule has 2 saturated heterocycles. The van der Waals surface area contributed by atoms with Crippen molar-refractivity contribution >= 4 is 12.1 Å². The zero-order valence-corrected chi connectivity index (χ0v) is 23.2. The Labute approximate surface area is 226 Å². The van der Waals surface area contributed by atoms with E-state index in [9.17, 15) is 14.0 Å². The smallest absolute Gasteiger partial charge is 0.406 e. The maximum absolute atomic E-state index is 14.1. The third-order valence-electron chi connectivity index (χ3n) is 7.40. The maximum atomic E-state index is 14.1. The van der Waals surface area contributed by atoms with Crippen LogP contribution < -0.4 is 16.0 Å². The molecule has 2 fully saturated rings. The average Bonchev–Trinajstić information content (AvgIpc) is 2.88. The van der Waals surface area contributed by atoms with Crippen molar-refractivity contribution in [2.75, 3.05) is 46.9 Å². The van der Waals surface area contributed by atoms with Gasteiger partial charge in [0.1, 0.15) is 5.82 Å². The number of likely N-dealkylation sites (N-methyl/N-ethyl adjacent to an activating group) is 1. The number of alkyl carbamates (subject to hydrolysis) is 1. The molecule has 10 heteroatoms. The minimum absolute atomic E-state index is 0.00521. The molecule has 0 spiro atoms. The minimum atomic E-state index is -0.530. The zero-order valence-electron chi connectivity index (χ0n) is 23.2. The van der Waals surface area contributed by atoms with E-state index in [1.807, 2.05) is 18.0 Å². The Balaban J connectivity index is 1.63. The fraction of sp³-hybridized carbons (Fsp3) is 0.714. The van der Waals surface area contributed by atoms with E-state index in [0.29, 0.717) is 25.6 Å². The second kappa shape index (κ2) is 15.2. The molecule has 0 radical (unpaired) electrons. The predicted octanol–water partition coefficient (Wildman–Crippen LogP) is 3.84. The minimum Gasteiger partial charge on any atom is -0.453 e. The summed E-state index contributed by atoms with van der Waals surface area (Å²) >= 11 is 0. The van der Waals surface area contributed by atoms with E-state index in [4.69, 9.17) is 9.47 Å². The molecule has 9 nitrogen and oxygen atoms in total. The number of likely N-dealkylation sites (tertiary alicyclic amines) is 1. The molecule has 38 heavy (non-hydrogen) atoms. The average molecular weight is 537 g/mol. The van der Waals surface area contributed by atoms with Gasteiger partial charge in [-0.1, -0.05) is 12.1 Å². The van der Waals surface area contributed by atoms with Crippen LogP contribution >= 0.6 is 0 Å². The quantitative estimate of drug-likeness (QED) is 0.372. The molecule has 2 aliphatic heterocycles. The van der Waals surface area contributed by atoms with Gasteiger partial charge in [-0.2, -0.15) is 0 Å². The van der Waals surface area contributed by atoms with E-state index in [0.717, 1.165) is 37.7 Å². The summed E-state index contributed by atoms with van der Waals surface area (Å²) in [5.41, 5.74) is 0.728. The molecule has 1 aromatic rings. The number of amides is 3. The SMILES string of the molecule is CNC[C@H](CC1C[C@@H](C)O[C@@H](C)C1)NC(=O)N1CCC[C@@H]([C@@H](OCCNC(=O)OC)c2cccc(F)c2)C1. The number of carbonyl (C=O) groups is 2. The van der Waals surface area contributed by atoms with Gasteiger partial charge in [0.2, 0.25) is 0 Å². The van der Waals surface area contributed by atoms with Crippen LogP contribution in [-0.4, -0.2) is 82.2 Å². The second-order valence-electron chi connectivity index (χ2n) is 10.6. The molecule has 3 amide bonds. The van der Waals surface area contributed by atoms with Gasteiger partial charge in [-0.15, -0.1) is 0 Å². The van der Waals surface area contributed by atoms with Gasteiger partial charge in [0.15, 0.2) is 0 Å². The Hall–Kier alpha value is -2.43. The Kier molecular flexibility index (Phi) is 12.1. The summed E-state index contributed by atoms with van der Waals surface area (Å²) in [4.78, 5) is 26.6. The highest BCUT2D eigenvalue weighted by molar-refractivity contribution is 5.74. The predicted molar refractivity (Wildman–Crippen MR) is 143 cm³/mol. The molecule has 1 unspecified atom stereocenters. The first-order chi connectivity index (χ1) is 18.3. The number of urea groups is 1. The topological polar surface area (TPSA) is 101 Å². The molecule has 214 valence electrons. The number of halogens is 1. The van der Waals surface area contributed by atoms with Crippen molar-refractivity contribution in [3.05, 3.63) is 35.6 Å². The van der Waals surface area contributed by atoms with E-state index in [2.05, 4.69) is 34.5 Å². The van der Waals surface area contributed by atoms with Gasteiger partial charge in [-0.3, -0.25) is 0 Å². The van der Waals surface area contributed by atoms with Gasteiger partial charge in [-0.25, -0.2) is 14.0 Å². The first kappa shape index (κ1) is 30.1. The van der Waals surface area contributed by atoms with Gasteiger partial charge < -0.3 is 35.1 Å². The molecule has 1 aromatic carbocycles. The van der Waals surface area contributed by atoms with Crippen LogP contribution in [0.1, 0.15) is 57.6 Å². The lowest BCUT2D eigenvalue weighted by Crippen LogP contribution is -2.52. The summed E-state index contributed by atoms with van der Waals surface area (Å²) in [6.45, 7) is 6.62. The van der Waals surface area contributed by atoms with Gasteiger partial charge in [0, 0.05) is 38.1 Å². The summed E-state index contributed by atoms with van der Waals surface area (Å²) in [6.07, 6.45) is 4.14. The molecular formula is C28H45FN4O5. The number of rotatable bonds is 11. The number of ether oxygens (including phenoxy) is 3. The van der Waals surface area contributed by atoms with Crippen molar-refractivity contribution in [2.45, 2.75) is 70.3 Å². The van der Waals surface area contributed by atoms with Crippen LogP contribution in [0, 0.1) is 17.7 Å². The van der Waals surface area contributed by atoms with E-state index in [-0.39, 0.29) is 49.2 Å². The van der Waals surface area contributed by atoms with Crippen molar-refractivity contribution in [1.82, 2.24) is 20.9 Å². The number of carbonyl (C=O) groups excluding carboxylic acids is 2. The lowest BCUT2D eigenvalue weighted by atomic mass is 9.87. The van der Waals surface area contributed by atoms with Crippen LogP contribution in [0.25, 0.3) is 0 Å². The molecule has 0 bridgehead atoms. The lowest BCUT2D eigenvalue weighted by Gasteiger charge is -2.38. The van der Waals surface area contributed by atoms with Crippen molar-refractivity contribution in [3.8, 4) is 0 Å². The Morgan fingerprint density at radius 1 is 1.24 bits per heavy atom. The summed E-state index contributed by atoms with van der Waals surface area (Å²) in [6, 6.07) is 6.35. The third-order valence-corrected chi connectivity index (χ3v) is 7.40. The first-order valence-electron chi connectivity index (χ1n) is 13.8. The maximum Gasteiger partial charge on any atom is 0.406 e. The zero-order chi connectivity index (χ0) is 27.5. The molecule has 0 aromatic heterocycles. The van der Waals surface area contributed by atoms with Gasteiger partial charge in [0.25, 0.3) is 0 Å². The van der Waals surface area contributed by atoms with E-state index in [1.54, 1.807) is 6.07 Å². The first-order valence-corrected chi connectivity index (χ1v) is 13.8. The number of hydrogen-bond acceptors (Lipinski definition) is 6. The molecule has 3 N–H and O–H groups in total. The van der Waals surface area contributed by atoms with E-state index < -0.39 is 12.2 Å². The standard InChI is InChI=1S/C28H45FN4O5/c1-19-13-21(14-20(2)38-19)15-25(17-30-3)32-27(34)33-11-6-8-23(18-33)26(22-7-5-9-24(29)16-22)37-12-10-31-28(35)36-4/h5,7,9,16,19-21,23,25-26,30H,6,8,10-15,17-18H2,1-4H3,(H,31,35)(H,32,34)/t19-,20+,21?,23-,25+,26+/m1/s1. The number of piperidine rings is 1. The molecule has 0 aliphatic carbocycles. The third kappa shape index (κ3) is 9.39. The Morgan fingerprint density at radius 2 is 2.00 bits per heavy atom. The number of hydrogen-bond donors (Lipinski definition) is 3. The highest BCUT2D eigenvalue weighted by Gasteiger charge is 2.33. The summed E-state index contributed by atoms with van der Waals surface area (Å²) in [7, 11) is 3.21. The number of benzene rings is 1. The summed E-state index contributed by atoms with van der Waals surface area (Å²) < 4.78 is 30.7. The molecule has 3 rings (SSSR count). The van der Waals surface area contributed by atoms with Gasteiger partial charge in [-0.05, 0) is 76.6 Å². The summed E-state index contributed by atoms with van der Waals surface area (Å²) in [5, 5.41) is 9.09. The normalized spacial score (nSPS) is 25.3. The molecule has 6 atom stereocenters. The van der Waals surface area contributed by atoms with Gasteiger partial charge >= 0.3 is 12.1 Å². The van der Waals surface area contributed by atoms with E-state index in [1.165, 1.54) is 19.2 Å². The van der Waals surface area contributed by atoms with Crippen LogP contribution in [0.4, 0.5) is 14.0 Å². The second-order valence-corrected chi connectivity index (χ2v) is 10.6. The Bertz CT molecular complexity index is 881. The van der Waals surface area contributed by atoms with Crippen molar-refractivity contribution in [1.29, 1.82) is 0 Å². The number of nitrogens with zero attached hydrogens (tertiary/aromatic N) is 1. The monoisotopic (exact) mass is 536 g/mol. The van der Waals surface area contributed by atoms with Crippen LogP contribution in [0.15, 0.2) is 24.3 Å². The van der Waals surface area contributed by atoms with Crippen molar-refractivity contribution < 1.29 is 28.2 Å². The summed E-state index contributed by atoms with van der Waals surface area (Å²) in [5.74, 6) is 0.168. The van der Waals surface area contributed by atoms with Crippen molar-refractivity contribution in [2.24, 2.45) is 11.8 Å². The van der Waals surface area contributed by atoms with Crippen LogP contribution in [0.2, 0.25) is 0 Å². The fourth-order valence-corrected chi connectivity index (χ4v) is 5.88. The number of nitrogens with one attached hydrogen (secondary N) is 3. The van der Waals surface area contributed by atoms with Crippen LogP contribution in [0.3, 0.4) is 0 Å². The van der Waals surface area contributed by atoms with E-state index >= 15 is 0 Å². The molecule has 2 aliphatic rings.